The van der Waals surface area contributed by atoms with Gasteiger partial charge in [0.05, 0.1) is 21.5 Å². The van der Waals surface area contributed by atoms with Gasteiger partial charge in [-0.05, 0) is 57.9 Å². The Bertz CT molecular complexity index is 772. The average molecular weight is 370 g/mol. The predicted molar refractivity (Wildman–Crippen MR) is 92.3 cm³/mol. The molecule has 0 N–H and O–H groups in total. The first-order valence-electron chi connectivity index (χ1n) is 6.26. The maximum absolute atomic E-state index is 12.4. The van der Waals surface area contributed by atoms with Crippen molar-refractivity contribution in [3.05, 3.63) is 61.1 Å². The zero-order chi connectivity index (χ0) is 15.7. The third-order valence-electron chi connectivity index (χ3n) is 3.04. The van der Waals surface area contributed by atoms with Crippen molar-refractivity contribution in [2.24, 2.45) is 0 Å². The minimum atomic E-state index is -0.285. The van der Waals surface area contributed by atoms with E-state index in [2.05, 4.69) is 0 Å². The van der Waals surface area contributed by atoms with Crippen LogP contribution in [-0.2, 0) is 11.3 Å². The van der Waals surface area contributed by atoms with Crippen molar-refractivity contribution in [3.63, 3.8) is 0 Å². The Labute approximate surface area is 145 Å². The summed E-state index contributed by atoms with van der Waals surface area (Å²) in [6.45, 7) is 0.183. The van der Waals surface area contributed by atoms with Crippen LogP contribution in [0.2, 0.25) is 10.0 Å². The lowest BCUT2D eigenvalue weighted by atomic mass is 10.2. The molecule has 3 rings (SSSR count). The van der Waals surface area contributed by atoms with Gasteiger partial charge in [0.1, 0.15) is 0 Å². The summed E-state index contributed by atoms with van der Waals surface area (Å²) in [7, 11) is 0. The maximum atomic E-state index is 12.4. The van der Waals surface area contributed by atoms with Gasteiger partial charge in [-0.15, -0.1) is 0 Å². The summed E-state index contributed by atoms with van der Waals surface area (Å²) in [6, 6.07) is 6.97. The van der Waals surface area contributed by atoms with Gasteiger partial charge in [-0.3, -0.25) is 14.5 Å². The Kier molecular flexibility index (Phi) is 4.59. The summed E-state index contributed by atoms with van der Waals surface area (Å²) in [5, 5.41) is 4.41. The van der Waals surface area contributed by atoms with Crippen LogP contribution in [0.5, 0.6) is 0 Å². The Morgan fingerprint density at radius 1 is 1.14 bits per heavy atom. The monoisotopic (exact) mass is 369 g/mol. The fourth-order valence-electron chi connectivity index (χ4n) is 1.97. The summed E-state index contributed by atoms with van der Waals surface area (Å²) in [4.78, 5) is 26.1. The highest BCUT2D eigenvalue weighted by Crippen LogP contribution is 2.34. The van der Waals surface area contributed by atoms with Crippen LogP contribution in [0.25, 0.3) is 6.08 Å². The van der Waals surface area contributed by atoms with Gasteiger partial charge in [0.25, 0.3) is 11.1 Å². The summed E-state index contributed by atoms with van der Waals surface area (Å²) in [5.74, 6) is -0.285. The highest BCUT2D eigenvalue weighted by atomic mass is 35.5. The van der Waals surface area contributed by atoms with Crippen LogP contribution in [0, 0.1) is 0 Å². The van der Waals surface area contributed by atoms with Crippen LogP contribution in [-0.4, -0.2) is 16.0 Å². The molecule has 0 unspecified atom stereocenters. The van der Waals surface area contributed by atoms with E-state index in [1.54, 1.807) is 35.6 Å². The predicted octanol–water partition coefficient (Wildman–Crippen LogP) is 5.29. The second-order valence-corrected chi connectivity index (χ2v) is 7.16. The Morgan fingerprint density at radius 3 is 2.64 bits per heavy atom. The molecule has 0 atom stereocenters. The van der Waals surface area contributed by atoms with Crippen molar-refractivity contribution in [3.8, 4) is 0 Å². The standard InChI is InChI=1S/C15H9Cl2NO2S2/c16-11-2-1-9(5-12(11)17)7-18-14(19)13(22-15(18)20)6-10-3-4-21-8-10/h1-6,8H,7H2/b13-6-. The molecule has 0 saturated carbocycles. The molecule has 1 fully saturated rings. The summed E-state index contributed by atoms with van der Waals surface area (Å²) < 4.78 is 0. The van der Waals surface area contributed by atoms with Crippen molar-refractivity contribution in [1.29, 1.82) is 0 Å². The van der Waals surface area contributed by atoms with Gasteiger partial charge >= 0.3 is 0 Å². The highest BCUT2D eigenvalue weighted by Gasteiger charge is 2.35. The fourth-order valence-corrected chi connectivity index (χ4v) is 3.74. The number of thioether (sulfide) groups is 1. The van der Waals surface area contributed by atoms with Crippen LogP contribution in [0.3, 0.4) is 0 Å². The largest absolute Gasteiger partial charge is 0.293 e. The Balaban J connectivity index is 1.81. The van der Waals surface area contributed by atoms with E-state index >= 15 is 0 Å². The topological polar surface area (TPSA) is 37.4 Å². The van der Waals surface area contributed by atoms with Crippen LogP contribution < -0.4 is 0 Å². The molecule has 2 amide bonds. The molecule has 0 spiro atoms. The molecule has 22 heavy (non-hydrogen) atoms. The minimum Gasteiger partial charge on any atom is -0.268 e. The number of rotatable bonds is 3. The lowest BCUT2D eigenvalue weighted by Crippen LogP contribution is -2.27. The van der Waals surface area contributed by atoms with Crippen LogP contribution in [0.15, 0.2) is 39.9 Å². The van der Waals surface area contributed by atoms with Gasteiger partial charge in [0.15, 0.2) is 0 Å². The molecule has 2 heterocycles. The summed E-state index contributed by atoms with van der Waals surface area (Å²) >= 11 is 14.3. The minimum absolute atomic E-state index is 0.183. The molecule has 1 aliphatic heterocycles. The molecule has 0 aliphatic carbocycles. The van der Waals surface area contributed by atoms with E-state index in [9.17, 15) is 9.59 Å². The number of imide groups is 1. The first-order valence-corrected chi connectivity index (χ1v) is 8.77. The normalized spacial score (nSPS) is 16.8. The second kappa shape index (κ2) is 6.46. The van der Waals surface area contributed by atoms with E-state index in [4.69, 9.17) is 23.2 Å². The third-order valence-corrected chi connectivity index (χ3v) is 5.39. The molecule has 3 nitrogen and oxygen atoms in total. The molecule has 1 aromatic heterocycles. The SMILES string of the molecule is O=C1S/C(=C\c2ccsc2)C(=O)N1Cc1ccc(Cl)c(Cl)c1. The number of amides is 2. The van der Waals surface area contributed by atoms with E-state index in [0.29, 0.717) is 15.0 Å². The summed E-state index contributed by atoms with van der Waals surface area (Å²) in [6.07, 6.45) is 1.73. The molecule has 0 bridgehead atoms. The van der Waals surface area contributed by atoms with Crippen LogP contribution >= 0.6 is 46.3 Å². The quantitative estimate of drug-likeness (QED) is 0.689. The zero-order valence-electron chi connectivity index (χ0n) is 11.1. The molecule has 2 aromatic rings. The maximum Gasteiger partial charge on any atom is 0.293 e. The van der Waals surface area contributed by atoms with Crippen molar-refractivity contribution in [2.75, 3.05) is 0 Å². The number of nitrogens with zero attached hydrogens (tertiary/aromatic N) is 1. The number of hydrogen-bond donors (Lipinski definition) is 0. The number of halogens is 2. The summed E-state index contributed by atoms with van der Waals surface area (Å²) in [5.41, 5.74) is 1.68. The van der Waals surface area contributed by atoms with Gasteiger partial charge < -0.3 is 0 Å². The molecule has 0 radical (unpaired) electrons. The third kappa shape index (κ3) is 3.22. The smallest absolute Gasteiger partial charge is 0.268 e. The molecule has 1 aromatic carbocycles. The molecular formula is C15H9Cl2NO2S2. The van der Waals surface area contributed by atoms with Crippen LogP contribution in [0.4, 0.5) is 4.79 Å². The van der Waals surface area contributed by atoms with Gasteiger partial charge in [-0.25, -0.2) is 0 Å². The van der Waals surface area contributed by atoms with Gasteiger partial charge in [-0.1, -0.05) is 29.3 Å². The van der Waals surface area contributed by atoms with E-state index in [1.165, 1.54) is 4.90 Å². The first-order chi connectivity index (χ1) is 10.5. The van der Waals surface area contributed by atoms with E-state index in [0.717, 1.165) is 22.9 Å². The first kappa shape index (κ1) is 15.6. The van der Waals surface area contributed by atoms with E-state index in [1.807, 2.05) is 16.8 Å². The number of hydrogen-bond acceptors (Lipinski definition) is 4. The lowest BCUT2D eigenvalue weighted by molar-refractivity contribution is -0.123. The van der Waals surface area contributed by atoms with Crippen molar-refractivity contribution in [2.45, 2.75) is 6.54 Å². The molecular weight excluding hydrogens is 361 g/mol. The Morgan fingerprint density at radius 2 is 1.95 bits per heavy atom. The number of thiophene rings is 1. The Hall–Kier alpha value is -1.27. The van der Waals surface area contributed by atoms with E-state index < -0.39 is 0 Å². The number of carbonyl (C=O) groups excluding carboxylic acids is 2. The van der Waals surface area contributed by atoms with E-state index in [-0.39, 0.29) is 17.7 Å². The van der Waals surface area contributed by atoms with Crippen molar-refractivity contribution in [1.82, 2.24) is 4.90 Å². The van der Waals surface area contributed by atoms with Gasteiger partial charge in [0.2, 0.25) is 0 Å². The molecule has 7 heteroatoms. The average Bonchev–Trinajstić information content (AvgIpc) is 3.07. The number of carbonyl (C=O) groups is 2. The zero-order valence-corrected chi connectivity index (χ0v) is 14.2. The van der Waals surface area contributed by atoms with Crippen molar-refractivity contribution >= 4 is 63.5 Å². The van der Waals surface area contributed by atoms with Gasteiger partial charge in [-0.2, -0.15) is 11.3 Å². The van der Waals surface area contributed by atoms with Crippen LogP contribution in [0.1, 0.15) is 11.1 Å². The molecule has 1 aliphatic rings. The fraction of sp³-hybridized carbons (Fsp3) is 0.0667. The van der Waals surface area contributed by atoms with Gasteiger partial charge in [0, 0.05) is 0 Å². The highest BCUT2D eigenvalue weighted by molar-refractivity contribution is 8.18. The molecule has 112 valence electrons. The van der Waals surface area contributed by atoms with Crippen molar-refractivity contribution < 1.29 is 9.59 Å². The second-order valence-electron chi connectivity index (χ2n) is 4.57. The number of benzene rings is 1. The lowest BCUT2D eigenvalue weighted by Gasteiger charge is -2.12. The molecule has 1 saturated heterocycles.